The zero-order valence-electron chi connectivity index (χ0n) is 8.58. The van der Waals surface area contributed by atoms with Gasteiger partial charge in [0.25, 0.3) is 0 Å². The van der Waals surface area contributed by atoms with E-state index in [0.717, 1.165) is 24.5 Å². The maximum absolute atomic E-state index is 9.74. The van der Waals surface area contributed by atoms with Crippen molar-refractivity contribution < 1.29 is 9.84 Å². The maximum Gasteiger partial charge on any atom is 0.0707 e. The topological polar surface area (TPSA) is 29.5 Å². The molecule has 0 bridgehead atoms. The molecule has 1 saturated heterocycles. The Labute approximate surface area is 85.0 Å². The highest BCUT2D eigenvalue weighted by molar-refractivity contribution is 7.99. The number of thioether (sulfide) groups is 1. The summed E-state index contributed by atoms with van der Waals surface area (Å²) in [5.41, 5.74) is -0.497. The highest BCUT2D eigenvalue weighted by Gasteiger charge is 2.20. The Morgan fingerprint density at radius 1 is 1.62 bits per heavy atom. The molecule has 0 saturated carbocycles. The smallest absolute Gasteiger partial charge is 0.0707 e. The lowest BCUT2D eigenvalue weighted by atomic mass is 10.1. The molecule has 0 spiro atoms. The molecule has 78 valence electrons. The summed E-state index contributed by atoms with van der Waals surface area (Å²) >= 11 is 1.81. The van der Waals surface area contributed by atoms with Gasteiger partial charge in [-0.15, -0.1) is 0 Å². The van der Waals surface area contributed by atoms with E-state index >= 15 is 0 Å². The summed E-state index contributed by atoms with van der Waals surface area (Å²) in [7, 11) is 0. The molecule has 0 radical (unpaired) electrons. The number of hydrogen-bond donors (Lipinski definition) is 1. The Bertz CT molecular complexity index is 142. The van der Waals surface area contributed by atoms with Crippen LogP contribution >= 0.6 is 11.8 Å². The van der Waals surface area contributed by atoms with Crippen molar-refractivity contribution in [2.24, 2.45) is 0 Å². The van der Waals surface area contributed by atoms with E-state index in [1.54, 1.807) is 0 Å². The van der Waals surface area contributed by atoms with Gasteiger partial charge < -0.3 is 9.84 Å². The standard InChI is InChI=1S/C10H20O2S/c1-3-10(2,11)8-13-7-9-5-4-6-12-9/h9,11H,3-8H2,1-2H3. The molecule has 0 amide bonds. The van der Waals surface area contributed by atoms with Gasteiger partial charge >= 0.3 is 0 Å². The first kappa shape index (κ1) is 11.3. The first-order chi connectivity index (χ1) is 6.14. The molecule has 1 heterocycles. The number of ether oxygens (including phenoxy) is 1. The van der Waals surface area contributed by atoms with Gasteiger partial charge in [-0.25, -0.2) is 0 Å². The van der Waals surface area contributed by atoms with Crippen LogP contribution in [0, 0.1) is 0 Å². The van der Waals surface area contributed by atoms with Gasteiger partial charge in [-0.3, -0.25) is 0 Å². The molecule has 0 aromatic rings. The lowest BCUT2D eigenvalue weighted by molar-refractivity contribution is 0.0812. The lowest BCUT2D eigenvalue weighted by Gasteiger charge is -2.21. The van der Waals surface area contributed by atoms with Crippen LogP contribution in [0.2, 0.25) is 0 Å². The predicted octanol–water partition coefficient (Wildman–Crippen LogP) is 2.06. The average Bonchev–Trinajstić information content (AvgIpc) is 2.57. The van der Waals surface area contributed by atoms with Crippen molar-refractivity contribution in [1.82, 2.24) is 0 Å². The van der Waals surface area contributed by atoms with Gasteiger partial charge in [0.1, 0.15) is 0 Å². The second-order valence-corrected chi connectivity index (χ2v) is 5.03. The molecule has 13 heavy (non-hydrogen) atoms. The third kappa shape index (κ3) is 4.34. The molecule has 0 aromatic heterocycles. The fourth-order valence-electron chi connectivity index (χ4n) is 1.29. The van der Waals surface area contributed by atoms with Crippen LogP contribution in [0.4, 0.5) is 0 Å². The van der Waals surface area contributed by atoms with Gasteiger partial charge in [0.2, 0.25) is 0 Å². The van der Waals surface area contributed by atoms with Gasteiger partial charge in [-0.05, 0) is 26.2 Å². The summed E-state index contributed by atoms with van der Waals surface area (Å²) in [6.07, 6.45) is 3.67. The average molecular weight is 204 g/mol. The summed E-state index contributed by atoms with van der Waals surface area (Å²) in [4.78, 5) is 0. The summed E-state index contributed by atoms with van der Waals surface area (Å²) in [6.45, 7) is 4.84. The summed E-state index contributed by atoms with van der Waals surface area (Å²) < 4.78 is 5.50. The van der Waals surface area contributed by atoms with Gasteiger partial charge in [-0.2, -0.15) is 11.8 Å². The van der Waals surface area contributed by atoms with Crippen LogP contribution in [-0.2, 0) is 4.74 Å². The molecule has 2 atom stereocenters. The minimum Gasteiger partial charge on any atom is -0.389 e. The zero-order valence-corrected chi connectivity index (χ0v) is 9.40. The first-order valence-electron chi connectivity index (χ1n) is 5.06. The van der Waals surface area contributed by atoms with Crippen LogP contribution in [0.1, 0.15) is 33.1 Å². The van der Waals surface area contributed by atoms with Gasteiger partial charge in [0, 0.05) is 18.1 Å². The molecule has 0 aromatic carbocycles. The van der Waals surface area contributed by atoms with E-state index in [0.29, 0.717) is 6.10 Å². The SMILES string of the molecule is CCC(C)(O)CSCC1CCCO1. The van der Waals surface area contributed by atoms with Crippen molar-refractivity contribution in [2.45, 2.75) is 44.8 Å². The third-order valence-corrected chi connectivity index (χ3v) is 3.94. The van der Waals surface area contributed by atoms with E-state index in [9.17, 15) is 5.11 Å². The van der Waals surface area contributed by atoms with Gasteiger partial charge in [-0.1, -0.05) is 6.92 Å². The lowest BCUT2D eigenvalue weighted by Crippen LogP contribution is -2.26. The second-order valence-electron chi connectivity index (χ2n) is 4.00. The van der Waals surface area contributed by atoms with Crippen LogP contribution in [0.5, 0.6) is 0 Å². The minimum absolute atomic E-state index is 0.442. The molecule has 1 aliphatic heterocycles. The van der Waals surface area contributed by atoms with E-state index in [4.69, 9.17) is 4.74 Å². The van der Waals surface area contributed by atoms with E-state index in [1.165, 1.54) is 12.8 Å². The van der Waals surface area contributed by atoms with Crippen LogP contribution in [-0.4, -0.2) is 34.9 Å². The first-order valence-corrected chi connectivity index (χ1v) is 6.21. The van der Waals surface area contributed by atoms with Crippen LogP contribution < -0.4 is 0 Å². The van der Waals surface area contributed by atoms with Crippen molar-refractivity contribution in [3.63, 3.8) is 0 Å². The Morgan fingerprint density at radius 3 is 2.92 bits per heavy atom. The van der Waals surface area contributed by atoms with E-state index in [1.807, 2.05) is 25.6 Å². The zero-order chi connectivity index (χ0) is 9.73. The Hall–Kier alpha value is 0.270. The third-order valence-electron chi connectivity index (χ3n) is 2.50. The molecule has 2 unspecified atom stereocenters. The Kier molecular flexibility index (Phi) is 4.56. The molecule has 1 rings (SSSR count). The monoisotopic (exact) mass is 204 g/mol. The second kappa shape index (κ2) is 5.23. The molecule has 1 N–H and O–H groups in total. The number of rotatable bonds is 5. The predicted molar refractivity (Wildman–Crippen MR) is 57.2 cm³/mol. The van der Waals surface area contributed by atoms with Gasteiger partial charge in [0.05, 0.1) is 11.7 Å². The maximum atomic E-state index is 9.74. The van der Waals surface area contributed by atoms with Crippen molar-refractivity contribution in [2.75, 3.05) is 18.1 Å². The molecule has 2 nitrogen and oxygen atoms in total. The van der Waals surface area contributed by atoms with Crippen LogP contribution in [0.3, 0.4) is 0 Å². The van der Waals surface area contributed by atoms with Crippen molar-refractivity contribution in [1.29, 1.82) is 0 Å². The number of aliphatic hydroxyl groups is 1. The normalized spacial score (nSPS) is 27.5. The van der Waals surface area contributed by atoms with Crippen molar-refractivity contribution in [3.05, 3.63) is 0 Å². The minimum atomic E-state index is -0.497. The molecule has 3 heteroatoms. The molecule has 1 fully saturated rings. The molecular weight excluding hydrogens is 184 g/mol. The Balaban J connectivity index is 2.06. The molecular formula is C10H20O2S. The van der Waals surface area contributed by atoms with E-state index in [2.05, 4.69) is 0 Å². The van der Waals surface area contributed by atoms with E-state index in [-0.39, 0.29) is 0 Å². The molecule has 0 aliphatic carbocycles. The van der Waals surface area contributed by atoms with Gasteiger partial charge in [0.15, 0.2) is 0 Å². The highest BCUT2D eigenvalue weighted by Crippen LogP contribution is 2.21. The van der Waals surface area contributed by atoms with Crippen molar-refractivity contribution >= 4 is 11.8 Å². The summed E-state index contributed by atoms with van der Waals surface area (Å²) in [5, 5.41) is 9.74. The van der Waals surface area contributed by atoms with Crippen molar-refractivity contribution in [3.8, 4) is 0 Å². The highest BCUT2D eigenvalue weighted by atomic mass is 32.2. The number of hydrogen-bond acceptors (Lipinski definition) is 3. The summed E-state index contributed by atoms with van der Waals surface area (Å²) in [6, 6.07) is 0. The largest absolute Gasteiger partial charge is 0.389 e. The Morgan fingerprint density at radius 2 is 2.38 bits per heavy atom. The summed E-state index contributed by atoms with van der Waals surface area (Å²) in [5.74, 6) is 1.86. The van der Waals surface area contributed by atoms with Crippen LogP contribution in [0.25, 0.3) is 0 Å². The van der Waals surface area contributed by atoms with Crippen LogP contribution in [0.15, 0.2) is 0 Å². The fourth-order valence-corrected chi connectivity index (χ4v) is 2.58. The quantitative estimate of drug-likeness (QED) is 0.743. The molecule has 1 aliphatic rings. The van der Waals surface area contributed by atoms with E-state index < -0.39 is 5.60 Å². The fraction of sp³-hybridized carbons (Fsp3) is 1.00.